The van der Waals surface area contributed by atoms with Gasteiger partial charge >= 0.3 is 0 Å². The molecule has 0 radical (unpaired) electrons. The van der Waals surface area contributed by atoms with Crippen LogP contribution in [-0.4, -0.2) is 22.1 Å². The topological polar surface area (TPSA) is 68.0 Å². The van der Waals surface area contributed by atoms with Gasteiger partial charge in [0.05, 0.1) is 0 Å². The Morgan fingerprint density at radius 3 is 2.48 bits per heavy atom. The maximum atomic E-state index is 12.0. The Bertz CT molecular complexity index is 454. The molecular weight excluding hydrogens is 266 g/mol. The zero-order valence-electron chi connectivity index (χ0n) is 13.4. The number of aromatic nitrogens is 2. The third-order valence-electron chi connectivity index (χ3n) is 3.93. The SMILES string of the molecule is CC(C)(C)c1noc(CCC(=O)NC2CCCCCC2)n1. The highest BCUT2D eigenvalue weighted by Crippen LogP contribution is 2.19. The van der Waals surface area contributed by atoms with Crippen LogP contribution in [0.4, 0.5) is 0 Å². The minimum Gasteiger partial charge on any atom is -0.353 e. The molecular formula is C16H27N3O2. The van der Waals surface area contributed by atoms with Crippen molar-refractivity contribution in [3.63, 3.8) is 0 Å². The molecule has 1 aromatic rings. The first-order valence-corrected chi connectivity index (χ1v) is 8.07. The van der Waals surface area contributed by atoms with Gasteiger partial charge in [0.15, 0.2) is 5.82 Å². The Labute approximate surface area is 126 Å². The molecule has 1 amide bonds. The fraction of sp³-hybridized carbons (Fsp3) is 0.812. The number of nitrogens with one attached hydrogen (secondary N) is 1. The van der Waals surface area contributed by atoms with Crippen LogP contribution in [0.2, 0.25) is 0 Å². The zero-order valence-corrected chi connectivity index (χ0v) is 13.4. The van der Waals surface area contributed by atoms with Crippen LogP contribution in [0.25, 0.3) is 0 Å². The zero-order chi connectivity index (χ0) is 15.3. The van der Waals surface area contributed by atoms with Crippen LogP contribution in [0.5, 0.6) is 0 Å². The molecule has 1 N–H and O–H groups in total. The lowest BCUT2D eigenvalue weighted by Gasteiger charge is -2.15. The van der Waals surface area contributed by atoms with Crippen LogP contribution in [0.1, 0.15) is 77.4 Å². The van der Waals surface area contributed by atoms with Crippen LogP contribution in [-0.2, 0) is 16.6 Å². The fourth-order valence-electron chi connectivity index (χ4n) is 2.61. The van der Waals surface area contributed by atoms with Gasteiger partial charge in [-0.1, -0.05) is 51.6 Å². The van der Waals surface area contributed by atoms with Crippen molar-refractivity contribution in [2.24, 2.45) is 0 Å². The number of hydrogen-bond donors (Lipinski definition) is 1. The molecule has 1 heterocycles. The van der Waals surface area contributed by atoms with Gasteiger partial charge in [-0.05, 0) is 12.8 Å². The first kappa shape index (κ1) is 16.0. The number of rotatable bonds is 4. The molecule has 1 fully saturated rings. The molecule has 0 aromatic carbocycles. The Morgan fingerprint density at radius 2 is 1.90 bits per heavy atom. The molecule has 0 unspecified atom stereocenters. The third-order valence-corrected chi connectivity index (χ3v) is 3.93. The number of amides is 1. The van der Waals surface area contributed by atoms with Gasteiger partial charge in [0.25, 0.3) is 0 Å². The van der Waals surface area contributed by atoms with Crippen LogP contribution in [0, 0.1) is 0 Å². The summed E-state index contributed by atoms with van der Waals surface area (Å²) >= 11 is 0. The molecule has 0 spiro atoms. The van der Waals surface area contributed by atoms with E-state index < -0.39 is 0 Å². The Kier molecular flexibility index (Phi) is 5.37. The molecule has 118 valence electrons. The molecule has 0 atom stereocenters. The standard InChI is InChI=1S/C16H27N3O2/c1-16(2,3)15-18-14(21-19-15)11-10-13(20)17-12-8-6-4-5-7-9-12/h12H,4-11H2,1-3H3,(H,17,20). The van der Waals surface area contributed by atoms with E-state index in [1.54, 1.807) is 0 Å². The molecule has 2 rings (SSSR count). The average molecular weight is 293 g/mol. The van der Waals surface area contributed by atoms with E-state index in [1.807, 2.05) is 20.8 Å². The van der Waals surface area contributed by atoms with Gasteiger partial charge < -0.3 is 9.84 Å². The molecule has 1 aromatic heterocycles. The summed E-state index contributed by atoms with van der Waals surface area (Å²) in [5.74, 6) is 1.34. The second-order valence-electron chi connectivity index (χ2n) is 7.02. The minimum atomic E-state index is -0.121. The van der Waals surface area contributed by atoms with Crippen molar-refractivity contribution in [2.75, 3.05) is 0 Å². The lowest BCUT2D eigenvalue weighted by Crippen LogP contribution is -2.34. The lowest BCUT2D eigenvalue weighted by atomic mass is 9.96. The van der Waals surface area contributed by atoms with E-state index in [0.717, 1.165) is 12.8 Å². The first-order chi connectivity index (χ1) is 9.95. The highest BCUT2D eigenvalue weighted by molar-refractivity contribution is 5.76. The van der Waals surface area contributed by atoms with E-state index in [-0.39, 0.29) is 11.3 Å². The highest BCUT2D eigenvalue weighted by Gasteiger charge is 2.21. The van der Waals surface area contributed by atoms with Gasteiger partial charge in [-0.2, -0.15) is 4.98 Å². The number of hydrogen-bond acceptors (Lipinski definition) is 4. The normalized spacial score (nSPS) is 17.5. The largest absolute Gasteiger partial charge is 0.353 e. The van der Waals surface area contributed by atoms with Crippen molar-refractivity contribution in [1.82, 2.24) is 15.5 Å². The Balaban J connectivity index is 1.77. The van der Waals surface area contributed by atoms with Gasteiger partial charge in [-0.15, -0.1) is 0 Å². The van der Waals surface area contributed by atoms with Crippen molar-refractivity contribution in [3.8, 4) is 0 Å². The highest BCUT2D eigenvalue weighted by atomic mass is 16.5. The van der Waals surface area contributed by atoms with E-state index in [2.05, 4.69) is 15.5 Å². The van der Waals surface area contributed by atoms with Crippen molar-refractivity contribution < 1.29 is 9.32 Å². The van der Waals surface area contributed by atoms with E-state index in [9.17, 15) is 4.79 Å². The molecule has 0 saturated heterocycles. The minimum absolute atomic E-state index is 0.0948. The third kappa shape index (κ3) is 5.14. The van der Waals surface area contributed by atoms with Gasteiger partial charge in [0.1, 0.15) is 0 Å². The Hall–Kier alpha value is -1.39. The van der Waals surface area contributed by atoms with E-state index in [0.29, 0.717) is 30.6 Å². The van der Waals surface area contributed by atoms with Crippen LogP contribution < -0.4 is 5.32 Å². The number of aryl methyl sites for hydroxylation is 1. The summed E-state index contributed by atoms with van der Waals surface area (Å²) in [6, 6.07) is 0.354. The monoisotopic (exact) mass is 293 g/mol. The summed E-state index contributed by atoms with van der Waals surface area (Å²) in [5, 5.41) is 7.11. The molecule has 21 heavy (non-hydrogen) atoms. The number of carbonyl (C=O) groups is 1. The molecule has 5 nitrogen and oxygen atoms in total. The second kappa shape index (κ2) is 7.05. The average Bonchev–Trinajstić information content (AvgIpc) is 2.76. The van der Waals surface area contributed by atoms with E-state index >= 15 is 0 Å². The Morgan fingerprint density at radius 1 is 1.24 bits per heavy atom. The van der Waals surface area contributed by atoms with Crippen LogP contribution in [0.3, 0.4) is 0 Å². The smallest absolute Gasteiger partial charge is 0.227 e. The summed E-state index contributed by atoms with van der Waals surface area (Å²) < 4.78 is 5.21. The predicted molar refractivity (Wildman–Crippen MR) is 81.0 cm³/mol. The van der Waals surface area contributed by atoms with Crippen LogP contribution in [0.15, 0.2) is 4.52 Å². The summed E-state index contributed by atoms with van der Waals surface area (Å²) in [5.41, 5.74) is -0.121. The maximum absolute atomic E-state index is 12.0. The van der Waals surface area contributed by atoms with E-state index in [4.69, 9.17) is 4.52 Å². The quantitative estimate of drug-likeness (QED) is 0.866. The van der Waals surface area contributed by atoms with Gasteiger partial charge in [0, 0.05) is 24.3 Å². The summed E-state index contributed by atoms with van der Waals surface area (Å²) in [6.07, 6.45) is 8.20. The molecule has 1 saturated carbocycles. The summed E-state index contributed by atoms with van der Waals surface area (Å²) in [7, 11) is 0. The van der Waals surface area contributed by atoms with Gasteiger partial charge in [-0.3, -0.25) is 4.79 Å². The van der Waals surface area contributed by atoms with Crippen molar-refractivity contribution in [2.45, 2.75) is 83.6 Å². The molecule has 5 heteroatoms. The molecule has 1 aliphatic carbocycles. The second-order valence-corrected chi connectivity index (χ2v) is 7.02. The van der Waals surface area contributed by atoms with Crippen molar-refractivity contribution in [1.29, 1.82) is 0 Å². The van der Waals surface area contributed by atoms with Crippen LogP contribution >= 0.6 is 0 Å². The first-order valence-electron chi connectivity index (χ1n) is 8.07. The number of nitrogens with zero attached hydrogens (tertiary/aromatic N) is 2. The molecule has 0 bridgehead atoms. The van der Waals surface area contributed by atoms with Crippen molar-refractivity contribution >= 4 is 5.91 Å². The number of carbonyl (C=O) groups excluding carboxylic acids is 1. The summed E-state index contributed by atoms with van der Waals surface area (Å²) in [4.78, 5) is 16.4. The van der Waals surface area contributed by atoms with Gasteiger partial charge in [0.2, 0.25) is 11.8 Å². The van der Waals surface area contributed by atoms with Gasteiger partial charge in [-0.25, -0.2) is 0 Å². The molecule has 0 aliphatic heterocycles. The maximum Gasteiger partial charge on any atom is 0.227 e. The predicted octanol–water partition coefficient (Wildman–Crippen LogP) is 3.14. The van der Waals surface area contributed by atoms with E-state index in [1.165, 1.54) is 25.7 Å². The van der Waals surface area contributed by atoms with Crippen molar-refractivity contribution in [3.05, 3.63) is 11.7 Å². The lowest BCUT2D eigenvalue weighted by molar-refractivity contribution is -0.121. The fourth-order valence-corrected chi connectivity index (χ4v) is 2.61. The molecule has 1 aliphatic rings. The summed E-state index contributed by atoms with van der Waals surface area (Å²) in [6.45, 7) is 6.13.